The second kappa shape index (κ2) is 7.67. The number of methoxy groups -OCH3 is 1. The normalized spacial score (nSPS) is 15.6. The molecular weight excluding hydrogens is 384 g/mol. The van der Waals surface area contributed by atoms with Crippen LogP contribution < -0.4 is 9.64 Å². The van der Waals surface area contributed by atoms with Crippen molar-refractivity contribution in [2.75, 3.05) is 25.1 Å². The average Bonchev–Trinajstić information content (AvgIpc) is 2.73. The van der Waals surface area contributed by atoms with Gasteiger partial charge in [-0.2, -0.15) is 0 Å². The molecule has 1 aromatic heterocycles. The van der Waals surface area contributed by atoms with Gasteiger partial charge >= 0.3 is 0 Å². The second-order valence-corrected chi connectivity index (χ2v) is 9.76. The molecular formula is C23H26N2O3S. The van der Waals surface area contributed by atoms with E-state index in [1.54, 1.807) is 19.2 Å². The summed E-state index contributed by atoms with van der Waals surface area (Å²) in [5, 5.41) is 0.812. The zero-order chi connectivity index (χ0) is 20.6. The SMILES string of the molecule is COc1ccc2ncc(S(=O)(=O)c3ccc(C)cc3)c(N3CCC(C)CC3)c2c1. The first kappa shape index (κ1) is 19.7. The molecule has 0 atom stereocenters. The number of rotatable bonds is 4. The number of nitrogens with zero attached hydrogens (tertiary/aromatic N) is 2. The third-order valence-corrected chi connectivity index (χ3v) is 7.50. The van der Waals surface area contributed by atoms with Gasteiger partial charge in [-0.15, -0.1) is 0 Å². The van der Waals surface area contributed by atoms with Crippen LogP contribution in [0.15, 0.2) is 58.5 Å². The fourth-order valence-corrected chi connectivity index (χ4v) is 5.30. The highest BCUT2D eigenvalue weighted by atomic mass is 32.2. The summed E-state index contributed by atoms with van der Waals surface area (Å²) >= 11 is 0. The molecule has 1 fully saturated rings. The standard InChI is InChI=1S/C23H26N2O3S/c1-16-4-7-19(8-5-16)29(26,27)22-15-24-21-9-6-18(28-3)14-20(21)23(22)25-12-10-17(2)11-13-25/h4-9,14-15,17H,10-13H2,1-3H3. The third-order valence-electron chi connectivity index (χ3n) is 5.73. The Hall–Kier alpha value is -2.60. The molecule has 1 aliphatic heterocycles. The van der Waals surface area contributed by atoms with Gasteiger partial charge in [0.1, 0.15) is 10.6 Å². The van der Waals surface area contributed by atoms with Gasteiger partial charge in [-0.05, 0) is 56.0 Å². The molecule has 1 aliphatic rings. The second-order valence-electron chi connectivity index (χ2n) is 7.84. The van der Waals surface area contributed by atoms with Crippen LogP contribution in [0.1, 0.15) is 25.3 Å². The topological polar surface area (TPSA) is 59.5 Å². The van der Waals surface area contributed by atoms with Crippen LogP contribution in [0, 0.1) is 12.8 Å². The number of sulfone groups is 1. The Morgan fingerprint density at radius 2 is 1.76 bits per heavy atom. The summed E-state index contributed by atoms with van der Waals surface area (Å²) in [5.41, 5.74) is 2.53. The molecule has 2 heterocycles. The summed E-state index contributed by atoms with van der Waals surface area (Å²) < 4.78 is 32.6. The van der Waals surface area contributed by atoms with Crippen molar-refractivity contribution < 1.29 is 13.2 Å². The fraction of sp³-hybridized carbons (Fsp3) is 0.348. The maximum Gasteiger partial charge on any atom is 0.210 e. The summed E-state index contributed by atoms with van der Waals surface area (Å²) in [7, 11) is -2.09. The summed E-state index contributed by atoms with van der Waals surface area (Å²) in [6, 6.07) is 12.6. The maximum atomic E-state index is 13.6. The van der Waals surface area contributed by atoms with Gasteiger partial charge in [-0.3, -0.25) is 4.98 Å². The molecule has 4 rings (SSSR count). The van der Waals surface area contributed by atoms with Gasteiger partial charge in [0.05, 0.1) is 23.2 Å². The molecule has 29 heavy (non-hydrogen) atoms. The van der Waals surface area contributed by atoms with Crippen molar-refractivity contribution in [3.05, 3.63) is 54.2 Å². The van der Waals surface area contributed by atoms with Gasteiger partial charge in [0.2, 0.25) is 9.84 Å². The van der Waals surface area contributed by atoms with Crippen molar-refractivity contribution in [3.8, 4) is 5.75 Å². The van der Waals surface area contributed by atoms with E-state index in [9.17, 15) is 8.42 Å². The molecule has 0 amide bonds. The first-order valence-corrected chi connectivity index (χ1v) is 11.4. The highest BCUT2D eigenvalue weighted by Gasteiger charge is 2.28. The molecule has 6 heteroatoms. The van der Waals surface area contributed by atoms with E-state index in [-0.39, 0.29) is 4.90 Å². The van der Waals surface area contributed by atoms with Gasteiger partial charge in [0, 0.05) is 24.7 Å². The zero-order valence-corrected chi connectivity index (χ0v) is 17.9. The van der Waals surface area contributed by atoms with E-state index in [0.29, 0.717) is 16.6 Å². The van der Waals surface area contributed by atoms with Crippen molar-refractivity contribution in [2.45, 2.75) is 36.5 Å². The van der Waals surface area contributed by atoms with Gasteiger partial charge in [0.25, 0.3) is 0 Å². The minimum absolute atomic E-state index is 0.261. The number of pyridine rings is 1. The number of piperidine rings is 1. The Morgan fingerprint density at radius 3 is 2.41 bits per heavy atom. The molecule has 1 saturated heterocycles. The molecule has 2 aromatic carbocycles. The molecule has 0 bridgehead atoms. The molecule has 0 N–H and O–H groups in total. The Kier molecular flexibility index (Phi) is 5.21. The Bertz CT molecular complexity index is 1130. The van der Waals surface area contributed by atoms with E-state index in [0.717, 1.165) is 48.1 Å². The van der Waals surface area contributed by atoms with Crippen LogP contribution in [0.2, 0.25) is 0 Å². The van der Waals surface area contributed by atoms with Gasteiger partial charge < -0.3 is 9.64 Å². The van der Waals surface area contributed by atoms with Crippen LogP contribution in [0.5, 0.6) is 5.75 Å². The van der Waals surface area contributed by atoms with E-state index >= 15 is 0 Å². The lowest BCUT2D eigenvalue weighted by molar-refractivity contribution is 0.415. The van der Waals surface area contributed by atoms with Crippen LogP contribution >= 0.6 is 0 Å². The first-order valence-electron chi connectivity index (χ1n) is 9.93. The number of anilines is 1. The number of aryl methyl sites for hydroxylation is 1. The quantitative estimate of drug-likeness (QED) is 0.628. The highest BCUT2D eigenvalue weighted by molar-refractivity contribution is 7.91. The first-order chi connectivity index (χ1) is 13.9. The molecule has 0 unspecified atom stereocenters. The molecule has 3 aromatic rings. The monoisotopic (exact) mass is 410 g/mol. The Morgan fingerprint density at radius 1 is 1.07 bits per heavy atom. The van der Waals surface area contributed by atoms with Crippen LogP contribution in [-0.2, 0) is 9.84 Å². The number of benzene rings is 2. The molecule has 0 saturated carbocycles. The Labute approximate surface area is 172 Å². The van der Waals surface area contributed by atoms with Gasteiger partial charge in [0.15, 0.2) is 0 Å². The fourth-order valence-electron chi connectivity index (χ4n) is 3.87. The third kappa shape index (κ3) is 3.69. The van der Waals surface area contributed by atoms with Crippen LogP contribution in [0.3, 0.4) is 0 Å². The molecule has 0 aliphatic carbocycles. The van der Waals surface area contributed by atoms with Crippen molar-refractivity contribution in [1.29, 1.82) is 0 Å². The van der Waals surface area contributed by atoms with Crippen molar-refractivity contribution in [1.82, 2.24) is 4.98 Å². The van der Waals surface area contributed by atoms with E-state index in [1.165, 1.54) is 6.20 Å². The van der Waals surface area contributed by atoms with Crippen LogP contribution in [0.25, 0.3) is 10.9 Å². The minimum atomic E-state index is -3.71. The van der Waals surface area contributed by atoms with E-state index in [1.807, 2.05) is 37.3 Å². The number of hydrogen-bond donors (Lipinski definition) is 0. The molecule has 5 nitrogen and oxygen atoms in total. The number of aromatic nitrogens is 1. The van der Waals surface area contributed by atoms with Crippen molar-refractivity contribution >= 4 is 26.4 Å². The smallest absolute Gasteiger partial charge is 0.210 e. The minimum Gasteiger partial charge on any atom is -0.497 e. The maximum absolute atomic E-state index is 13.6. The van der Waals surface area contributed by atoms with E-state index in [4.69, 9.17) is 4.74 Å². The number of ether oxygens (including phenoxy) is 1. The lowest BCUT2D eigenvalue weighted by Crippen LogP contribution is -2.34. The predicted molar refractivity (Wildman–Crippen MR) is 116 cm³/mol. The van der Waals surface area contributed by atoms with Crippen LogP contribution in [-0.4, -0.2) is 33.6 Å². The van der Waals surface area contributed by atoms with Crippen LogP contribution in [0.4, 0.5) is 5.69 Å². The summed E-state index contributed by atoms with van der Waals surface area (Å²) in [6.07, 6.45) is 3.59. The average molecular weight is 411 g/mol. The van der Waals surface area contributed by atoms with E-state index < -0.39 is 9.84 Å². The van der Waals surface area contributed by atoms with E-state index in [2.05, 4.69) is 16.8 Å². The molecule has 0 radical (unpaired) electrons. The predicted octanol–water partition coefficient (Wildman–Crippen LogP) is 4.62. The highest BCUT2D eigenvalue weighted by Crippen LogP contribution is 2.38. The zero-order valence-electron chi connectivity index (χ0n) is 17.1. The summed E-state index contributed by atoms with van der Waals surface area (Å²) in [5.74, 6) is 1.34. The lowest BCUT2D eigenvalue weighted by Gasteiger charge is -2.34. The summed E-state index contributed by atoms with van der Waals surface area (Å²) in [6.45, 7) is 5.84. The number of hydrogen-bond acceptors (Lipinski definition) is 5. The van der Waals surface area contributed by atoms with Gasteiger partial charge in [-0.1, -0.05) is 24.6 Å². The summed E-state index contributed by atoms with van der Waals surface area (Å²) in [4.78, 5) is 7.23. The van der Waals surface area contributed by atoms with Crippen molar-refractivity contribution in [3.63, 3.8) is 0 Å². The van der Waals surface area contributed by atoms with Crippen molar-refractivity contribution in [2.24, 2.45) is 5.92 Å². The number of fused-ring (bicyclic) bond motifs is 1. The molecule has 0 spiro atoms. The Balaban J connectivity index is 1.95. The largest absolute Gasteiger partial charge is 0.497 e. The molecule has 152 valence electrons. The van der Waals surface area contributed by atoms with Gasteiger partial charge in [-0.25, -0.2) is 8.42 Å². The lowest BCUT2D eigenvalue weighted by atomic mass is 9.98.